The van der Waals surface area contributed by atoms with Gasteiger partial charge in [0.25, 0.3) is 0 Å². The van der Waals surface area contributed by atoms with Crippen molar-refractivity contribution in [1.29, 1.82) is 0 Å². The number of halogens is 2. The minimum absolute atomic E-state index is 0. The second kappa shape index (κ2) is 15.5. The predicted molar refractivity (Wildman–Crippen MR) is 178 cm³/mol. The molecule has 0 bridgehead atoms. The maximum absolute atomic E-state index is 13.9. The first kappa shape index (κ1) is 37.1. The number of hydrogen-bond acceptors (Lipinski definition) is 6. The Balaban J connectivity index is 0.00000264. The van der Waals surface area contributed by atoms with Crippen LogP contribution >= 0.6 is 24.8 Å². The molecule has 4 heterocycles. The van der Waals surface area contributed by atoms with Crippen LogP contribution in [0.25, 0.3) is 0 Å². The molecule has 4 fully saturated rings. The first-order valence-corrected chi connectivity index (χ1v) is 18.2. The maximum Gasteiger partial charge on any atom is 0.246 e. The van der Waals surface area contributed by atoms with Gasteiger partial charge < -0.3 is 10.2 Å². The van der Waals surface area contributed by atoms with Gasteiger partial charge in [-0.05, 0) is 58.3 Å². The zero-order chi connectivity index (χ0) is 30.1. The Kier molecular flexibility index (Phi) is 13.0. The number of piperidine rings is 2. The lowest BCUT2D eigenvalue weighted by Crippen LogP contribution is -2.73. The van der Waals surface area contributed by atoms with Crippen molar-refractivity contribution in [3.05, 3.63) is 17.0 Å². The molecular weight excluding hydrogens is 623 g/mol. The second-order valence-electron chi connectivity index (χ2n) is 13.4. The SMILES string of the molecule is CCCCN1C(=O)[C@H](CC2CCCCC2)NC(=O)C12CCN(Cc1c(C)nn(C3CCN(S(C)(=O)=O)CC3)c1C)CC2.Cl.Cl. The summed E-state index contributed by atoms with van der Waals surface area (Å²) in [4.78, 5) is 32.1. The molecule has 0 aromatic carbocycles. The summed E-state index contributed by atoms with van der Waals surface area (Å²) in [6.45, 7) is 10.3. The number of hydrogen-bond donors (Lipinski definition) is 1. The number of piperazine rings is 1. The Hall–Kier alpha value is -1.40. The summed E-state index contributed by atoms with van der Waals surface area (Å²) in [7, 11) is -3.16. The summed E-state index contributed by atoms with van der Waals surface area (Å²) >= 11 is 0. The molecule has 0 radical (unpaired) electrons. The van der Waals surface area contributed by atoms with Gasteiger partial charge in [-0.25, -0.2) is 12.7 Å². The van der Waals surface area contributed by atoms with Crippen molar-refractivity contribution in [3.8, 4) is 0 Å². The average molecular weight is 678 g/mol. The van der Waals surface area contributed by atoms with E-state index in [1.165, 1.54) is 43.9 Å². The molecule has 1 spiro atoms. The highest BCUT2D eigenvalue weighted by Gasteiger charge is 2.53. The smallest absolute Gasteiger partial charge is 0.246 e. The number of carbonyl (C=O) groups is 2. The van der Waals surface area contributed by atoms with Gasteiger partial charge in [0.05, 0.1) is 18.0 Å². The number of aryl methyl sites for hydroxylation is 1. The molecular formula is C31H54Cl2N6O4S. The molecule has 0 unspecified atom stereocenters. The summed E-state index contributed by atoms with van der Waals surface area (Å²) in [6.07, 6.45) is 12.9. The number of rotatable bonds is 9. The molecule has 1 N–H and O–H groups in total. The first-order chi connectivity index (χ1) is 20.0. The normalized spacial score (nSPS) is 24.2. The van der Waals surface area contributed by atoms with E-state index in [0.717, 1.165) is 63.1 Å². The van der Waals surface area contributed by atoms with Gasteiger partial charge in [-0.15, -0.1) is 24.8 Å². The predicted octanol–water partition coefficient (Wildman–Crippen LogP) is 4.37. The van der Waals surface area contributed by atoms with Crippen LogP contribution in [0.1, 0.15) is 107 Å². The number of aromatic nitrogens is 2. The molecule has 44 heavy (non-hydrogen) atoms. The molecule has 13 heteroatoms. The van der Waals surface area contributed by atoms with E-state index < -0.39 is 15.6 Å². The van der Waals surface area contributed by atoms with E-state index in [1.807, 2.05) is 4.90 Å². The van der Waals surface area contributed by atoms with E-state index >= 15 is 0 Å². The summed E-state index contributed by atoms with van der Waals surface area (Å²) in [6, 6.07) is -0.174. The van der Waals surface area contributed by atoms with Gasteiger partial charge in [0.2, 0.25) is 21.8 Å². The Morgan fingerprint density at radius 2 is 1.59 bits per heavy atom. The maximum atomic E-state index is 13.9. The van der Waals surface area contributed by atoms with Crippen LogP contribution in [0.15, 0.2) is 0 Å². The lowest BCUT2D eigenvalue weighted by Gasteiger charge is -2.52. The van der Waals surface area contributed by atoms with E-state index in [4.69, 9.17) is 5.10 Å². The summed E-state index contributed by atoms with van der Waals surface area (Å²) in [5.41, 5.74) is 2.63. The number of nitrogens with zero attached hydrogens (tertiary/aromatic N) is 5. The molecule has 5 rings (SSSR count). The number of carbonyl (C=O) groups excluding carboxylic acids is 2. The minimum atomic E-state index is -3.16. The van der Waals surface area contributed by atoms with E-state index in [1.54, 1.807) is 4.31 Å². The van der Waals surface area contributed by atoms with Gasteiger partial charge in [-0.1, -0.05) is 45.4 Å². The monoisotopic (exact) mass is 676 g/mol. The average Bonchev–Trinajstić information content (AvgIpc) is 3.25. The van der Waals surface area contributed by atoms with Gasteiger partial charge >= 0.3 is 0 Å². The van der Waals surface area contributed by atoms with Crippen molar-refractivity contribution >= 4 is 46.7 Å². The van der Waals surface area contributed by atoms with E-state index in [0.29, 0.717) is 38.4 Å². The molecule has 3 saturated heterocycles. The van der Waals surface area contributed by atoms with Gasteiger partial charge in [-0.3, -0.25) is 19.2 Å². The van der Waals surface area contributed by atoms with Crippen molar-refractivity contribution < 1.29 is 18.0 Å². The van der Waals surface area contributed by atoms with Crippen LogP contribution < -0.4 is 5.32 Å². The van der Waals surface area contributed by atoms with Crippen LogP contribution in [-0.4, -0.2) is 94.7 Å². The molecule has 1 saturated carbocycles. The minimum Gasteiger partial charge on any atom is -0.342 e. The Morgan fingerprint density at radius 3 is 2.18 bits per heavy atom. The number of unbranched alkanes of at least 4 members (excludes halogenated alkanes) is 1. The molecule has 10 nitrogen and oxygen atoms in total. The first-order valence-electron chi connectivity index (χ1n) is 16.4. The fourth-order valence-corrected chi connectivity index (χ4v) is 8.81. The lowest BCUT2D eigenvalue weighted by molar-refractivity contribution is -0.162. The third kappa shape index (κ3) is 7.76. The molecule has 1 atom stereocenters. The van der Waals surface area contributed by atoms with E-state index in [2.05, 4.69) is 35.7 Å². The number of nitrogens with one attached hydrogen (secondary N) is 1. The van der Waals surface area contributed by atoms with Gasteiger partial charge in [0, 0.05) is 50.5 Å². The van der Waals surface area contributed by atoms with E-state index in [-0.39, 0.29) is 48.7 Å². The third-order valence-corrected chi connectivity index (χ3v) is 11.9. The van der Waals surface area contributed by atoms with Crippen LogP contribution in [0.3, 0.4) is 0 Å². The van der Waals surface area contributed by atoms with Crippen LogP contribution in [0.5, 0.6) is 0 Å². The summed E-state index contributed by atoms with van der Waals surface area (Å²) < 4.78 is 27.6. The quantitative estimate of drug-likeness (QED) is 0.416. The Morgan fingerprint density at radius 1 is 0.955 bits per heavy atom. The zero-order valence-corrected chi connectivity index (χ0v) is 29.5. The Labute approximate surface area is 276 Å². The molecule has 1 aromatic rings. The van der Waals surface area contributed by atoms with Crippen LogP contribution in [0, 0.1) is 19.8 Å². The van der Waals surface area contributed by atoms with Gasteiger partial charge in [-0.2, -0.15) is 5.10 Å². The number of likely N-dealkylation sites (tertiary alicyclic amines) is 1. The largest absolute Gasteiger partial charge is 0.342 e. The summed E-state index contributed by atoms with van der Waals surface area (Å²) in [5, 5.41) is 8.11. The van der Waals surface area contributed by atoms with Crippen molar-refractivity contribution in [2.45, 2.75) is 122 Å². The van der Waals surface area contributed by atoms with Gasteiger partial charge in [0.1, 0.15) is 11.6 Å². The molecule has 1 aromatic heterocycles. The number of sulfonamides is 1. The van der Waals surface area contributed by atoms with Crippen LogP contribution in [0.4, 0.5) is 0 Å². The highest BCUT2D eigenvalue weighted by atomic mass is 35.5. The second-order valence-corrected chi connectivity index (χ2v) is 15.4. The van der Waals surface area contributed by atoms with Crippen molar-refractivity contribution in [3.63, 3.8) is 0 Å². The number of amides is 2. The zero-order valence-electron chi connectivity index (χ0n) is 27.1. The van der Waals surface area contributed by atoms with Crippen LogP contribution in [0.2, 0.25) is 0 Å². The lowest BCUT2D eigenvalue weighted by atomic mass is 9.79. The highest BCUT2D eigenvalue weighted by Crippen LogP contribution is 2.37. The van der Waals surface area contributed by atoms with E-state index in [9.17, 15) is 18.0 Å². The molecule has 1 aliphatic carbocycles. The fourth-order valence-electron chi connectivity index (χ4n) is 7.93. The van der Waals surface area contributed by atoms with Crippen molar-refractivity contribution in [2.75, 3.05) is 39.0 Å². The summed E-state index contributed by atoms with van der Waals surface area (Å²) in [5.74, 6) is 0.729. The highest BCUT2D eigenvalue weighted by molar-refractivity contribution is 7.88. The van der Waals surface area contributed by atoms with Crippen molar-refractivity contribution in [2.24, 2.45) is 5.92 Å². The molecule has 2 amide bonds. The topological polar surface area (TPSA) is 108 Å². The third-order valence-electron chi connectivity index (χ3n) is 10.6. The standard InChI is InChI=1S/C31H52N6O4S.2ClH/c1-5-6-16-36-29(38)28(21-25-10-8-7-9-11-25)32-30(39)31(36)14-19-34(20-15-31)22-27-23(2)33-37(24(27)3)26-12-17-35(18-13-26)42(4,40)41;;/h25-26,28H,5-22H2,1-4H3,(H,32,39);2*1H/t28-;;/m0../s1. The Bertz CT molecular complexity index is 1240. The molecule has 3 aliphatic heterocycles. The fraction of sp³-hybridized carbons (Fsp3) is 0.839. The van der Waals surface area contributed by atoms with Crippen molar-refractivity contribution in [1.82, 2.24) is 29.2 Å². The molecule has 4 aliphatic rings. The van der Waals surface area contributed by atoms with Gasteiger partial charge in [0.15, 0.2) is 0 Å². The van der Waals surface area contributed by atoms with Crippen LogP contribution in [-0.2, 0) is 26.2 Å². The molecule has 252 valence electrons.